The van der Waals surface area contributed by atoms with Crippen molar-refractivity contribution in [1.29, 1.82) is 0 Å². The van der Waals surface area contributed by atoms with Gasteiger partial charge in [0.1, 0.15) is 35.5 Å². The molecule has 3 N–H and O–H groups in total. The van der Waals surface area contributed by atoms with Gasteiger partial charge in [-0.15, -0.1) is 0 Å². The second-order valence-electron chi connectivity index (χ2n) is 12.5. The minimum Gasteiger partial charge on any atom is -0.483 e. The predicted molar refractivity (Wildman–Crippen MR) is 152 cm³/mol. The number of pyridine rings is 1. The van der Waals surface area contributed by atoms with Crippen LogP contribution in [0.25, 0.3) is 22.2 Å². The van der Waals surface area contributed by atoms with Crippen LogP contribution in [0.1, 0.15) is 43.2 Å². The van der Waals surface area contributed by atoms with E-state index >= 15 is 4.39 Å². The number of aliphatic hydroxyl groups is 1. The summed E-state index contributed by atoms with van der Waals surface area (Å²) in [7, 11) is 1.70. The summed E-state index contributed by atoms with van der Waals surface area (Å²) in [5.41, 5.74) is 0.994. The first-order valence-electron chi connectivity index (χ1n) is 14.4. The van der Waals surface area contributed by atoms with Crippen LogP contribution in [0.5, 0.6) is 11.8 Å². The number of aryl methyl sites for hydroxylation is 1. The number of rotatable bonds is 4. The second kappa shape index (κ2) is 9.88. The molecule has 1 spiro atoms. The molecule has 0 bridgehead atoms. The average Bonchev–Trinajstić information content (AvgIpc) is 3.38. The Labute approximate surface area is 254 Å². The van der Waals surface area contributed by atoms with Crippen LogP contribution in [0.3, 0.4) is 0 Å². The van der Waals surface area contributed by atoms with Crippen LogP contribution in [-0.2, 0) is 6.18 Å². The number of anilines is 2. The smallest absolute Gasteiger partial charge is 0.418 e. The van der Waals surface area contributed by atoms with E-state index in [2.05, 4.69) is 15.0 Å². The van der Waals surface area contributed by atoms with E-state index in [0.717, 1.165) is 19.0 Å². The topological polar surface area (TPSA) is 110 Å². The van der Waals surface area contributed by atoms with Gasteiger partial charge >= 0.3 is 12.2 Å². The summed E-state index contributed by atoms with van der Waals surface area (Å²) in [6.07, 6.45) is -4.30. The van der Waals surface area contributed by atoms with Crippen molar-refractivity contribution in [3.05, 3.63) is 28.0 Å². The van der Waals surface area contributed by atoms with Crippen LogP contribution in [0.2, 0.25) is 5.02 Å². The Morgan fingerprint density at radius 3 is 2.68 bits per heavy atom. The molecule has 0 radical (unpaired) electrons. The first kappa shape index (κ1) is 29.5. The number of aliphatic hydroxyl groups excluding tert-OH is 1. The number of hydrogen-bond donors (Lipinski definition) is 2. The first-order chi connectivity index (χ1) is 20.7. The number of fused-ring (bicyclic) bond motifs is 1. The van der Waals surface area contributed by atoms with Gasteiger partial charge in [0.2, 0.25) is 0 Å². The van der Waals surface area contributed by atoms with E-state index in [1.54, 1.807) is 11.9 Å². The number of nitrogens with two attached hydrogens (primary N) is 1. The highest BCUT2D eigenvalue weighted by Crippen LogP contribution is 2.53. The Bertz CT molecular complexity index is 1690. The molecule has 2 saturated heterocycles. The fourth-order valence-electron chi connectivity index (χ4n) is 7.53. The Balaban J connectivity index is 1.44. The summed E-state index contributed by atoms with van der Waals surface area (Å²) in [5, 5.41) is 9.77. The van der Waals surface area contributed by atoms with Crippen molar-refractivity contribution in [3.63, 3.8) is 0 Å². The number of hydrogen-bond acceptors (Lipinski definition) is 9. The number of halogens is 6. The summed E-state index contributed by atoms with van der Waals surface area (Å²) in [4.78, 5) is 16.6. The molecule has 3 aromatic rings. The quantitative estimate of drug-likeness (QED) is 0.378. The van der Waals surface area contributed by atoms with Gasteiger partial charge in [-0.05, 0) is 37.9 Å². The maximum Gasteiger partial charge on any atom is 0.418 e. The minimum atomic E-state index is -4.92. The van der Waals surface area contributed by atoms with Crippen LogP contribution in [-0.4, -0.2) is 81.7 Å². The molecule has 5 heterocycles. The molecule has 7 rings (SSSR count). The maximum absolute atomic E-state index is 16.7. The third-order valence-corrected chi connectivity index (χ3v) is 9.71. The standard InChI is InChI=1S/C29H30ClF5N6O3/c1-13-6-16(36)37-22(19(13)29(33,34)35)17-20(30)24-18-23(21(17)32)38-26(43-12-27-4-3-5-41(27)10-14(31)7-27)39-25(18)40(2)11-28(44-24)8-15(42)9-28/h6,14-15,42H,3-5,7-12H2,1-2H3,(H2,36,37)/t14-,15?,27+,28?/m1/s1. The minimum absolute atomic E-state index is 0.0453. The van der Waals surface area contributed by atoms with Gasteiger partial charge in [-0.25, -0.2) is 13.8 Å². The van der Waals surface area contributed by atoms with Crippen molar-refractivity contribution in [2.24, 2.45) is 0 Å². The lowest BCUT2D eigenvalue weighted by molar-refractivity contribution is -0.137. The van der Waals surface area contributed by atoms with Crippen molar-refractivity contribution in [2.45, 2.75) is 68.6 Å². The van der Waals surface area contributed by atoms with Gasteiger partial charge in [0.15, 0.2) is 11.6 Å². The molecule has 44 heavy (non-hydrogen) atoms. The number of ether oxygens (including phenoxy) is 2. The molecule has 1 aliphatic carbocycles. The average molecular weight is 641 g/mol. The number of nitrogens with zero attached hydrogens (tertiary/aromatic N) is 5. The monoisotopic (exact) mass is 640 g/mol. The molecule has 2 atom stereocenters. The third kappa shape index (κ3) is 4.51. The highest BCUT2D eigenvalue weighted by Gasteiger charge is 2.51. The largest absolute Gasteiger partial charge is 0.483 e. The van der Waals surface area contributed by atoms with Crippen LogP contribution < -0.4 is 20.1 Å². The molecule has 9 nitrogen and oxygen atoms in total. The molecule has 1 aromatic carbocycles. The van der Waals surface area contributed by atoms with Gasteiger partial charge in [-0.2, -0.15) is 23.1 Å². The lowest BCUT2D eigenvalue weighted by atomic mass is 9.77. The lowest BCUT2D eigenvalue weighted by Crippen LogP contribution is -2.57. The number of aromatic nitrogens is 3. The lowest BCUT2D eigenvalue weighted by Gasteiger charge is -2.45. The van der Waals surface area contributed by atoms with Gasteiger partial charge < -0.3 is 25.2 Å². The number of benzene rings is 1. The number of nitrogen functional groups attached to an aromatic ring is 1. The Hall–Kier alpha value is -3.23. The molecule has 4 aliphatic rings. The molecular formula is C29H30ClF5N6O3. The molecule has 3 aliphatic heterocycles. The maximum atomic E-state index is 16.7. The van der Waals surface area contributed by atoms with E-state index in [-0.39, 0.29) is 72.3 Å². The van der Waals surface area contributed by atoms with Crippen LogP contribution >= 0.6 is 11.6 Å². The third-order valence-electron chi connectivity index (χ3n) is 9.35. The van der Waals surface area contributed by atoms with Gasteiger partial charge in [-0.3, -0.25) is 4.90 Å². The van der Waals surface area contributed by atoms with Crippen molar-refractivity contribution < 1.29 is 36.5 Å². The summed E-state index contributed by atoms with van der Waals surface area (Å²) >= 11 is 6.76. The first-order valence-corrected chi connectivity index (χ1v) is 14.8. The van der Waals surface area contributed by atoms with E-state index in [1.807, 2.05) is 4.90 Å². The normalized spacial score (nSPS) is 28.2. The SMILES string of the molecule is Cc1cc(N)nc(-c2c(Cl)c3c4c(nc(OC[C@@]56CCCN5C[C@H](F)C6)nc4c2F)N(C)CC2(CC(O)C2)O3)c1C(F)(F)F. The fourth-order valence-corrected chi connectivity index (χ4v) is 7.84. The van der Waals surface area contributed by atoms with E-state index in [9.17, 15) is 22.7 Å². The van der Waals surface area contributed by atoms with E-state index in [0.29, 0.717) is 13.0 Å². The highest BCUT2D eigenvalue weighted by atomic mass is 35.5. The van der Waals surface area contributed by atoms with Gasteiger partial charge in [0, 0.05) is 32.9 Å². The molecular weight excluding hydrogens is 611 g/mol. The van der Waals surface area contributed by atoms with E-state index in [4.69, 9.17) is 26.8 Å². The molecule has 0 amide bonds. The second-order valence-corrected chi connectivity index (χ2v) is 12.9. The highest BCUT2D eigenvalue weighted by molar-refractivity contribution is 6.36. The molecule has 236 valence electrons. The van der Waals surface area contributed by atoms with Gasteiger partial charge in [-0.1, -0.05) is 11.6 Å². The fraction of sp³-hybridized carbons (Fsp3) is 0.552. The Morgan fingerprint density at radius 1 is 1.23 bits per heavy atom. The van der Waals surface area contributed by atoms with E-state index < -0.39 is 57.3 Å². The number of likely N-dealkylation sites (N-methyl/N-ethyl adjacent to an activating group) is 1. The van der Waals surface area contributed by atoms with E-state index in [1.165, 1.54) is 6.92 Å². The molecule has 3 fully saturated rings. The summed E-state index contributed by atoms with van der Waals surface area (Å²) in [5.74, 6) is -1.38. The zero-order valence-corrected chi connectivity index (χ0v) is 24.7. The van der Waals surface area contributed by atoms with Crippen LogP contribution in [0.4, 0.5) is 33.6 Å². The van der Waals surface area contributed by atoms with Crippen molar-refractivity contribution in [1.82, 2.24) is 19.9 Å². The van der Waals surface area contributed by atoms with Crippen LogP contribution in [0.15, 0.2) is 6.07 Å². The van der Waals surface area contributed by atoms with Crippen LogP contribution in [0, 0.1) is 12.7 Å². The summed E-state index contributed by atoms with van der Waals surface area (Å²) in [6, 6.07) is 0.825. The molecule has 15 heteroatoms. The Morgan fingerprint density at radius 2 is 1.98 bits per heavy atom. The van der Waals surface area contributed by atoms with Gasteiger partial charge in [0.05, 0.1) is 45.4 Å². The molecule has 0 unspecified atom stereocenters. The zero-order chi connectivity index (χ0) is 31.3. The molecule has 1 saturated carbocycles. The summed E-state index contributed by atoms with van der Waals surface area (Å²) < 4.78 is 86.6. The van der Waals surface area contributed by atoms with Crippen molar-refractivity contribution in [3.8, 4) is 23.0 Å². The predicted octanol–water partition coefficient (Wildman–Crippen LogP) is 5.07. The van der Waals surface area contributed by atoms with Gasteiger partial charge in [0.25, 0.3) is 0 Å². The number of alkyl halides is 4. The summed E-state index contributed by atoms with van der Waals surface area (Å²) in [6.45, 7) is 2.50. The Kier molecular flexibility index (Phi) is 6.62. The zero-order valence-electron chi connectivity index (χ0n) is 23.9. The van der Waals surface area contributed by atoms with Crippen molar-refractivity contribution >= 4 is 34.1 Å². The van der Waals surface area contributed by atoms with Crippen molar-refractivity contribution in [2.75, 3.05) is 43.9 Å². The molecule has 2 aromatic heterocycles.